The van der Waals surface area contributed by atoms with Crippen molar-refractivity contribution in [2.45, 2.75) is 72.3 Å². The lowest BCUT2D eigenvalue weighted by molar-refractivity contribution is -0.0277. The van der Waals surface area contributed by atoms with Gasteiger partial charge in [0.2, 0.25) is 0 Å². The predicted octanol–water partition coefficient (Wildman–Crippen LogP) is 2.88. The van der Waals surface area contributed by atoms with Crippen LogP contribution in [-0.2, 0) is 4.74 Å². The van der Waals surface area contributed by atoms with Gasteiger partial charge in [0.05, 0.1) is 6.61 Å². The molecule has 98 valence electrons. The van der Waals surface area contributed by atoms with Gasteiger partial charge in [-0.3, -0.25) is 5.32 Å². The van der Waals surface area contributed by atoms with Crippen molar-refractivity contribution in [2.75, 3.05) is 6.61 Å². The van der Waals surface area contributed by atoms with Gasteiger partial charge in [-0.2, -0.15) is 0 Å². The highest BCUT2D eigenvalue weighted by atomic mass is 16.5. The van der Waals surface area contributed by atoms with Gasteiger partial charge >= 0.3 is 0 Å². The maximum atomic E-state index is 9.23. The molecule has 16 heavy (non-hydrogen) atoms. The monoisotopic (exact) mass is 231 g/mol. The second-order valence-electron chi connectivity index (χ2n) is 4.49. The molecule has 0 aliphatic heterocycles. The fourth-order valence-electron chi connectivity index (χ4n) is 1.70. The normalized spacial score (nSPS) is 17.1. The van der Waals surface area contributed by atoms with E-state index < -0.39 is 6.23 Å². The largest absolute Gasteiger partial charge is 0.379 e. The SMILES string of the molecule is CCCCC(CC)COC(CC)NC(C)O. The van der Waals surface area contributed by atoms with Crippen LogP contribution in [0.3, 0.4) is 0 Å². The van der Waals surface area contributed by atoms with Gasteiger partial charge in [0.1, 0.15) is 12.5 Å². The highest BCUT2D eigenvalue weighted by Gasteiger charge is 2.12. The molecule has 0 aliphatic carbocycles. The number of nitrogens with one attached hydrogen (secondary N) is 1. The topological polar surface area (TPSA) is 41.5 Å². The fraction of sp³-hybridized carbons (Fsp3) is 1.00. The Kier molecular flexibility index (Phi) is 9.99. The van der Waals surface area contributed by atoms with Crippen LogP contribution < -0.4 is 5.32 Å². The molecule has 3 nitrogen and oxygen atoms in total. The molecule has 0 heterocycles. The molecule has 0 aromatic carbocycles. The number of aliphatic hydroxyl groups excluding tert-OH is 1. The Balaban J connectivity index is 3.78. The zero-order valence-corrected chi connectivity index (χ0v) is 11.3. The molecule has 0 aliphatic rings. The summed E-state index contributed by atoms with van der Waals surface area (Å²) in [5.74, 6) is 0.657. The van der Waals surface area contributed by atoms with E-state index in [9.17, 15) is 5.11 Å². The molecular formula is C13H29NO2. The number of hydrogen-bond donors (Lipinski definition) is 2. The number of unbranched alkanes of at least 4 members (excludes halogenated alkanes) is 1. The first-order valence-corrected chi connectivity index (χ1v) is 6.69. The minimum absolute atomic E-state index is 0.0179. The van der Waals surface area contributed by atoms with E-state index in [0.29, 0.717) is 5.92 Å². The van der Waals surface area contributed by atoms with Gasteiger partial charge in [0.25, 0.3) is 0 Å². The average molecular weight is 231 g/mol. The summed E-state index contributed by atoms with van der Waals surface area (Å²) in [6.45, 7) is 9.02. The molecule has 3 atom stereocenters. The van der Waals surface area contributed by atoms with Crippen molar-refractivity contribution >= 4 is 0 Å². The van der Waals surface area contributed by atoms with Gasteiger partial charge in [0, 0.05) is 0 Å². The molecule has 0 aromatic rings. The van der Waals surface area contributed by atoms with Gasteiger partial charge in [-0.1, -0.05) is 40.0 Å². The van der Waals surface area contributed by atoms with Crippen LogP contribution >= 0.6 is 0 Å². The summed E-state index contributed by atoms with van der Waals surface area (Å²) in [5.41, 5.74) is 0. The minimum atomic E-state index is -0.499. The Morgan fingerprint density at radius 3 is 2.31 bits per heavy atom. The zero-order chi connectivity index (χ0) is 12.4. The van der Waals surface area contributed by atoms with Crippen LogP contribution in [0.25, 0.3) is 0 Å². The van der Waals surface area contributed by atoms with Gasteiger partial charge in [-0.15, -0.1) is 0 Å². The summed E-state index contributed by atoms with van der Waals surface area (Å²) < 4.78 is 5.78. The third-order valence-electron chi connectivity index (χ3n) is 2.87. The van der Waals surface area contributed by atoms with Crippen LogP contribution in [-0.4, -0.2) is 24.2 Å². The third-order valence-corrected chi connectivity index (χ3v) is 2.87. The molecule has 0 amide bonds. The van der Waals surface area contributed by atoms with Crippen molar-refractivity contribution in [3.8, 4) is 0 Å². The van der Waals surface area contributed by atoms with E-state index in [2.05, 4.69) is 26.1 Å². The van der Waals surface area contributed by atoms with Gasteiger partial charge in [0.15, 0.2) is 0 Å². The second-order valence-corrected chi connectivity index (χ2v) is 4.49. The van der Waals surface area contributed by atoms with E-state index in [4.69, 9.17) is 4.74 Å². The Morgan fingerprint density at radius 1 is 1.19 bits per heavy atom. The standard InChI is InChI=1S/C13H29NO2/c1-5-8-9-12(6-2)10-16-13(7-3)14-11(4)15/h11-15H,5-10H2,1-4H3. The third kappa shape index (κ3) is 8.08. The van der Waals surface area contributed by atoms with Crippen LogP contribution in [0.5, 0.6) is 0 Å². The Labute approximate surface area is 101 Å². The maximum Gasteiger partial charge on any atom is 0.109 e. The van der Waals surface area contributed by atoms with Gasteiger partial charge in [-0.25, -0.2) is 0 Å². The Hall–Kier alpha value is -0.120. The average Bonchev–Trinajstić information content (AvgIpc) is 2.27. The number of ether oxygens (including phenoxy) is 1. The van der Waals surface area contributed by atoms with Gasteiger partial charge < -0.3 is 9.84 Å². The molecule has 0 rings (SSSR count). The van der Waals surface area contributed by atoms with Crippen LogP contribution in [0.2, 0.25) is 0 Å². The quantitative estimate of drug-likeness (QED) is 0.568. The molecule has 0 fully saturated rings. The molecule has 3 unspecified atom stereocenters. The first kappa shape index (κ1) is 15.9. The smallest absolute Gasteiger partial charge is 0.109 e. The van der Waals surface area contributed by atoms with E-state index in [1.807, 2.05) is 0 Å². The Morgan fingerprint density at radius 2 is 1.88 bits per heavy atom. The van der Waals surface area contributed by atoms with Crippen LogP contribution in [0.15, 0.2) is 0 Å². The lowest BCUT2D eigenvalue weighted by Crippen LogP contribution is -2.38. The molecule has 0 spiro atoms. The van der Waals surface area contributed by atoms with Crippen molar-refractivity contribution in [3.05, 3.63) is 0 Å². The summed E-state index contributed by atoms with van der Waals surface area (Å²) in [4.78, 5) is 0. The minimum Gasteiger partial charge on any atom is -0.379 e. The van der Waals surface area contributed by atoms with Crippen LogP contribution in [0, 0.1) is 5.92 Å². The van der Waals surface area contributed by atoms with E-state index in [0.717, 1.165) is 13.0 Å². The summed E-state index contributed by atoms with van der Waals surface area (Å²) in [5, 5.41) is 12.2. The van der Waals surface area contributed by atoms with Crippen molar-refractivity contribution in [1.29, 1.82) is 0 Å². The highest BCUT2D eigenvalue weighted by molar-refractivity contribution is 4.59. The van der Waals surface area contributed by atoms with E-state index in [-0.39, 0.29) is 6.23 Å². The molecule has 0 saturated carbocycles. The van der Waals surface area contributed by atoms with Crippen LogP contribution in [0.1, 0.15) is 59.8 Å². The summed E-state index contributed by atoms with van der Waals surface area (Å²) >= 11 is 0. The number of hydrogen-bond acceptors (Lipinski definition) is 3. The summed E-state index contributed by atoms with van der Waals surface area (Å²) in [6, 6.07) is 0. The van der Waals surface area contributed by atoms with Crippen molar-refractivity contribution < 1.29 is 9.84 Å². The lowest BCUT2D eigenvalue weighted by atomic mass is 10.0. The molecule has 3 heteroatoms. The van der Waals surface area contributed by atoms with Crippen molar-refractivity contribution in [2.24, 2.45) is 5.92 Å². The van der Waals surface area contributed by atoms with E-state index in [1.165, 1.54) is 25.7 Å². The highest BCUT2D eigenvalue weighted by Crippen LogP contribution is 2.13. The van der Waals surface area contributed by atoms with Crippen LogP contribution in [0.4, 0.5) is 0 Å². The molecule has 0 radical (unpaired) electrons. The first-order valence-electron chi connectivity index (χ1n) is 6.69. The predicted molar refractivity (Wildman–Crippen MR) is 68.2 cm³/mol. The fourth-order valence-corrected chi connectivity index (χ4v) is 1.70. The van der Waals surface area contributed by atoms with E-state index >= 15 is 0 Å². The first-order chi connectivity index (χ1) is 7.63. The van der Waals surface area contributed by atoms with Gasteiger partial charge in [-0.05, 0) is 25.7 Å². The molecule has 2 N–H and O–H groups in total. The van der Waals surface area contributed by atoms with E-state index in [1.54, 1.807) is 6.92 Å². The number of aliphatic hydroxyl groups is 1. The molecule has 0 aromatic heterocycles. The summed E-state index contributed by atoms with van der Waals surface area (Å²) in [7, 11) is 0. The second kappa shape index (κ2) is 10.1. The molecule has 0 saturated heterocycles. The Bertz CT molecular complexity index is 151. The molecule has 0 bridgehead atoms. The van der Waals surface area contributed by atoms with Crippen molar-refractivity contribution in [3.63, 3.8) is 0 Å². The molecular weight excluding hydrogens is 202 g/mol. The lowest BCUT2D eigenvalue weighted by Gasteiger charge is -2.23. The number of rotatable bonds is 10. The maximum absolute atomic E-state index is 9.23. The van der Waals surface area contributed by atoms with Crippen molar-refractivity contribution in [1.82, 2.24) is 5.32 Å². The summed E-state index contributed by atoms with van der Waals surface area (Å²) in [6.07, 6.45) is 5.32. The zero-order valence-electron chi connectivity index (χ0n) is 11.3.